The summed E-state index contributed by atoms with van der Waals surface area (Å²) in [5.74, 6) is 1.00. The largest absolute Gasteiger partial charge is 0.378 e. The van der Waals surface area contributed by atoms with Crippen molar-refractivity contribution in [3.63, 3.8) is 0 Å². The molecule has 0 radical (unpaired) electrons. The molecule has 0 aromatic carbocycles. The van der Waals surface area contributed by atoms with Gasteiger partial charge in [0.05, 0.1) is 11.9 Å². The zero-order valence-corrected chi connectivity index (χ0v) is 9.05. The van der Waals surface area contributed by atoms with Crippen molar-refractivity contribution in [2.45, 2.75) is 32.4 Å². The summed E-state index contributed by atoms with van der Waals surface area (Å²) in [6, 6.07) is 0. The highest BCUT2D eigenvalue weighted by atomic mass is 16.5. The third kappa shape index (κ3) is 2.92. The first-order chi connectivity index (χ1) is 5.92. The predicted octanol–water partition coefficient (Wildman–Crippen LogP) is 1.18. The number of hydrogen-bond acceptors (Lipinski definition) is 3. The molecule has 0 bridgehead atoms. The lowest BCUT2D eigenvalue weighted by Gasteiger charge is -2.42. The van der Waals surface area contributed by atoms with Crippen LogP contribution in [-0.4, -0.2) is 36.7 Å². The molecule has 1 aliphatic heterocycles. The van der Waals surface area contributed by atoms with Crippen molar-refractivity contribution in [3.8, 4) is 0 Å². The van der Waals surface area contributed by atoms with Crippen LogP contribution < -0.4 is 5.32 Å². The molecular formula is C10H20N2O. The van der Waals surface area contributed by atoms with Crippen molar-refractivity contribution in [2.75, 3.05) is 20.2 Å². The summed E-state index contributed by atoms with van der Waals surface area (Å²) in [6.07, 6.45) is 0.388. The third-order valence-electron chi connectivity index (χ3n) is 2.08. The smallest absolute Gasteiger partial charge is 0.0944 e. The summed E-state index contributed by atoms with van der Waals surface area (Å²) in [4.78, 5) is 2.19. The molecule has 1 heterocycles. The van der Waals surface area contributed by atoms with Crippen LogP contribution in [0.3, 0.4) is 0 Å². The van der Waals surface area contributed by atoms with Crippen LogP contribution in [0.25, 0.3) is 0 Å². The molecule has 0 unspecified atom stereocenters. The van der Waals surface area contributed by atoms with E-state index in [2.05, 4.69) is 37.6 Å². The van der Waals surface area contributed by atoms with Gasteiger partial charge in [-0.1, -0.05) is 6.58 Å². The van der Waals surface area contributed by atoms with Crippen LogP contribution in [0.15, 0.2) is 12.4 Å². The van der Waals surface area contributed by atoms with Gasteiger partial charge in [0, 0.05) is 25.7 Å². The highest BCUT2D eigenvalue weighted by Gasteiger charge is 2.28. The van der Waals surface area contributed by atoms with Gasteiger partial charge in [0.1, 0.15) is 0 Å². The van der Waals surface area contributed by atoms with Crippen LogP contribution in [0, 0.1) is 0 Å². The van der Waals surface area contributed by atoms with Gasteiger partial charge in [-0.15, -0.1) is 0 Å². The molecule has 3 heteroatoms. The van der Waals surface area contributed by atoms with Crippen molar-refractivity contribution in [2.24, 2.45) is 0 Å². The van der Waals surface area contributed by atoms with E-state index in [4.69, 9.17) is 4.74 Å². The number of nitrogens with one attached hydrogen (secondary N) is 1. The third-order valence-corrected chi connectivity index (χ3v) is 2.08. The van der Waals surface area contributed by atoms with Crippen LogP contribution in [0.4, 0.5) is 0 Å². The van der Waals surface area contributed by atoms with Crippen molar-refractivity contribution in [3.05, 3.63) is 12.4 Å². The monoisotopic (exact) mass is 184 g/mol. The Kier molecular flexibility index (Phi) is 2.86. The summed E-state index contributed by atoms with van der Waals surface area (Å²) in [5, 5.41) is 3.34. The Labute approximate surface area is 80.8 Å². The van der Waals surface area contributed by atoms with E-state index in [0.29, 0.717) is 6.10 Å². The van der Waals surface area contributed by atoms with Crippen LogP contribution in [0.5, 0.6) is 0 Å². The van der Waals surface area contributed by atoms with E-state index in [1.807, 2.05) is 0 Å². The topological polar surface area (TPSA) is 24.5 Å². The molecule has 1 fully saturated rings. The second-order valence-corrected chi connectivity index (χ2v) is 4.58. The molecule has 1 N–H and O–H groups in total. The SMILES string of the molecule is C=C(NC(C)(C)C)N1CC(OC)C1. The lowest BCUT2D eigenvalue weighted by atomic mass is 10.1. The fourth-order valence-electron chi connectivity index (χ4n) is 1.32. The summed E-state index contributed by atoms with van der Waals surface area (Å²) >= 11 is 0. The Morgan fingerprint density at radius 3 is 2.38 bits per heavy atom. The number of methoxy groups -OCH3 is 1. The molecule has 0 aromatic heterocycles. The van der Waals surface area contributed by atoms with Gasteiger partial charge in [0.25, 0.3) is 0 Å². The first-order valence-corrected chi connectivity index (χ1v) is 4.67. The Morgan fingerprint density at radius 2 is 2.00 bits per heavy atom. The summed E-state index contributed by atoms with van der Waals surface area (Å²) in [7, 11) is 1.75. The fourth-order valence-corrected chi connectivity index (χ4v) is 1.32. The Hall–Kier alpha value is -0.700. The lowest BCUT2D eigenvalue weighted by molar-refractivity contribution is -0.0162. The number of rotatable bonds is 3. The first-order valence-electron chi connectivity index (χ1n) is 4.67. The number of hydrogen-bond donors (Lipinski definition) is 1. The maximum atomic E-state index is 5.19. The predicted molar refractivity (Wildman–Crippen MR) is 54.4 cm³/mol. The van der Waals surface area contributed by atoms with Crippen LogP contribution >= 0.6 is 0 Å². The maximum Gasteiger partial charge on any atom is 0.0944 e. The Balaban J connectivity index is 2.27. The quantitative estimate of drug-likeness (QED) is 0.712. The summed E-state index contributed by atoms with van der Waals surface area (Å²) in [5.41, 5.74) is 0.0925. The molecular weight excluding hydrogens is 164 g/mol. The minimum Gasteiger partial charge on any atom is -0.378 e. The zero-order chi connectivity index (χ0) is 10.1. The average Bonchev–Trinajstić information content (AvgIpc) is 1.79. The molecule has 0 aliphatic carbocycles. The first kappa shape index (κ1) is 10.4. The van der Waals surface area contributed by atoms with Crippen molar-refractivity contribution >= 4 is 0 Å². The van der Waals surface area contributed by atoms with Gasteiger partial charge < -0.3 is 15.0 Å². The maximum absolute atomic E-state index is 5.19. The van der Waals surface area contributed by atoms with E-state index >= 15 is 0 Å². The zero-order valence-electron chi connectivity index (χ0n) is 9.05. The van der Waals surface area contributed by atoms with Crippen LogP contribution in [-0.2, 0) is 4.74 Å². The lowest BCUT2D eigenvalue weighted by Crippen LogP contribution is -2.55. The van der Waals surface area contributed by atoms with E-state index in [0.717, 1.165) is 18.9 Å². The number of likely N-dealkylation sites (tertiary alicyclic amines) is 1. The standard InChI is InChI=1S/C10H20N2O/c1-8(11-10(2,3)4)12-6-9(7-12)13-5/h9,11H,1,6-7H2,2-5H3. The molecule has 0 saturated carbocycles. The number of nitrogens with zero attached hydrogens (tertiary/aromatic N) is 1. The molecule has 0 spiro atoms. The average molecular weight is 184 g/mol. The van der Waals surface area contributed by atoms with Crippen molar-refractivity contribution < 1.29 is 4.74 Å². The van der Waals surface area contributed by atoms with Crippen LogP contribution in [0.1, 0.15) is 20.8 Å². The Morgan fingerprint density at radius 1 is 1.46 bits per heavy atom. The molecule has 0 atom stereocenters. The van der Waals surface area contributed by atoms with E-state index in [1.165, 1.54) is 0 Å². The second kappa shape index (κ2) is 3.58. The highest BCUT2D eigenvalue weighted by molar-refractivity contribution is 5.01. The molecule has 0 amide bonds. The number of ether oxygens (including phenoxy) is 1. The van der Waals surface area contributed by atoms with Gasteiger partial charge in [-0.25, -0.2) is 0 Å². The van der Waals surface area contributed by atoms with E-state index < -0.39 is 0 Å². The molecule has 0 aromatic rings. The summed E-state index contributed by atoms with van der Waals surface area (Å²) < 4.78 is 5.19. The molecule has 1 saturated heterocycles. The van der Waals surface area contributed by atoms with E-state index in [-0.39, 0.29) is 5.54 Å². The van der Waals surface area contributed by atoms with Gasteiger partial charge in [0.2, 0.25) is 0 Å². The molecule has 1 rings (SSSR count). The van der Waals surface area contributed by atoms with Gasteiger partial charge in [0.15, 0.2) is 0 Å². The van der Waals surface area contributed by atoms with Gasteiger partial charge in [-0.05, 0) is 20.8 Å². The van der Waals surface area contributed by atoms with Crippen molar-refractivity contribution in [1.82, 2.24) is 10.2 Å². The van der Waals surface area contributed by atoms with Crippen molar-refractivity contribution in [1.29, 1.82) is 0 Å². The minimum absolute atomic E-state index is 0.0925. The van der Waals surface area contributed by atoms with E-state index in [9.17, 15) is 0 Å². The van der Waals surface area contributed by atoms with E-state index in [1.54, 1.807) is 7.11 Å². The summed E-state index contributed by atoms with van der Waals surface area (Å²) in [6.45, 7) is 12.3. The molecule has 3 nitrogen and oxygen atoms in total. The van der Waals surface area contributed by atoms with Gasteiger partial charge in [-0.2, -0.15) is 0 Å². The molecule has 13 heavy (non-hydrogen) atoms. The minimum atomic E-state index is 0.0925. The van der Waals surface area contributed by atoms with Gasteiger partial charge in [-0.3, -0.25) is 0 Å². The normalized spacial score (nSPS) is 18.3. The molecule has 76 valence electrons. The van der Waals surface area contributed by atoms with Gasteiger partial charge >= 0.3 is 0 Å². The second-order valence-electron chi connectivity index (χ2n) is 4.58. The molecule has 1 aliphatic rings. The highest BCUT2D eigenvalue weighted by Crippen LogP contribution is 2.16. The Bertz CT molecular complexity index is 190. The van der Waals surface area contributed by atoms with Crippen LogP contribution in [0.2, 0.25) is 0 Å². The fraction of sp³-hybridized carbons (Fsp3) is 0.800.